The summed E-state index contributed by atoms with van der Waals surface area (Å²) in [5.41, 5.74) is 0.198. The van der Waals surface area contributed by atoms with E-state index in [2.05, 4.69) is 15.2 Å². The van der Waals surface area contributed by atoms with Crippen molar-refractivity contribution in [3.8, 4) is 0 Å². The van der Waals surface area contributed by atoms with Crippen LogP contribution >= 0.6 is 0 Å². The normalized spacial score (nSPS) is 18.6. The van der Waals surface area contributed by atoms with Gasteiger partial charge in [-0.1, -0.05) is 0 Å². The quantitative estimate of drug-likeness (QED) is 0.718. The first kappa shape index (κ1) is 20.9. The first-order valence-corrected chi connectivity index (χ1v) is 11.6. The van der Waals surface area contributed by atoms with Gasteiger partial charge < -0.3 is 9.47 Å². The van der Waals surface area contributed by atoms with Crippen LogP contribution in [0.5, 0.6) is 0 Å². The highest BCUT2D eigenvalue weighted by molar-refractivity contribution is 7.89. The molecule has 4 rings (SSSR count). The minimum atomic E-state index is -3.24. The van der Waals surface area contributed by atoms with Gasteiger partial charge in [-0.05, 0) is 38.8 Å². The molecule has 30 heavy (non-hydrogen) atoms. The number of fused-ring (bicyclic) bond motifs is 1. The van der Waals surface area contributed by atoms with E-state index in [9.17, 15) is 17.6 Å². The highest BCUT2D eigenvalue weighted by atomic mass is 32.2. The molecule has 0 unspecified atom stereocenters. The van der Waals surface area contributed by atoms with Gasteiger partial charge in [-0.3, -0.25) is 4.79 Å². The molecule has 11 heteroatoms. The topological polar surface area (TPSA) is 101 Å². The number of nitrogens with zero attached hydrogens (tertiary/aromatic N) is 6. The van der Waals surface area contributed by atoms with Gasteiger partial charge in [-0.15, -0.1) is 10.2 Å². The van der Waals surface area contributed by atoms with Gasteiger partial charge in [0.1, 0.15) is 17.3 Å². The van der Waals surface area contributed by atoms with Crippen molar-refractivity contribution < 1.29 is 17.6 Å². The Morgan fingerprint density at radius 2 is 1.87 bits per heavy atom. The number of carbonyl (C=O) groups is 1. The molecule has 0 saturated carbocycles. The third-order valence-electron chi connectivity index (χ3n) is 5.79. The molecular weight excluding hydrogens is 411 g/mol. The Balaban J connectivity index is 1.43. The molecule has 0 radical (unpaired) electrons. The summed E-state index contributed by atoms with van der Waals surface area (Å²) in [7, 11) is -3.24. The zero-order chi connectivity index (χ0) is 21.5. The van der Waals surface area contributed by atoms with Crippen molar-refractivity contribution >= 4 is 15.9 Å². The minimum Gasteiger partial charge on any atom is -0.328 e. The lowest BCUT2D eigenvalue weighted by atomic mass is 9.97. The number of sulfonamides is 1. The van der Waals surface area contributed by atoms with Gasteiger partial charge in [0.2, 0.25) is 10.0 Å². The first-order valence-electron chi connectivity index (χ1n) is 10.1. The second-order valence-corrected chi connectivity index (χ2v) is 10.5. The standard InChI is InChI=1S/C19H25FN6O3S/c1-13(2)30(28,29)25-7-5-14(6-8-25)18-23-22-17-12-24(9-10-26(17)18)19(27)16-4-3-15(20)11-21-16/h3-4,11,13-14H,5-10,12H2,1-2H3. The fourth-order valence-corrected chi connectivity index (χ4v) is 5.30. The predicted octanol–water partition coefficient (Wildman–Crippen LogP) is 1.39. The highest BCUT2D eigenvalue weighted by Gasteiger charge is 2.34. The van der Waals surface area contributed by atoms with Gasteiger partial charge >= 0.3 is 0 Å². The third-order valence-corrected chi connectivity index (χ3v) is 8.07. The Bertz CT molecular complexity index is 1030. The zero-order valence-electron chi connectivity index (χ0n) is 17.0. The molecule has 2 aromatic rings. The predicted molar refractivity (Wildman–Crippen MR) is 107 cm³/mol. The number of hydrogen-bond acceptors (Lipinski definition) is 6. The van der Waals surface area contributed by atoms with Crippen molar-refractivity contribution in [1.29, 1.82) is 0 Å². The van der Waals surface area contributed by atoms with Crippen LogP contribution in [0.25, 0.3) is 0 Å². The minimum absolute atomic E-state index is 0.144. The van der Waals surface area contributed by atoms with Crippen LogP contribution in [0.4, 0.5) is 4.39 Å². The lowest BCUT2D eigenvalue weighted by molar-refractivity contribution is 0.0699. The molecule has 2 aromatic heterocycles. The molecule has 4 heterocycles. The molecular formula is C19H25FN6O3S. The molecule has 2 aliphatic rings. The molecule has 0 N–H and O–H groups in total. The molecule has 0 aromatic carbocycles. The van der Waals surface area contributed by atoms with Crippen LogP contribution in [-0.2, 0) is 23.1 Å². The lowest BCUT2D eigenvalue weighted by Crippen LogP contribution is -2.42. The number of piperidine rings is 1. The van der Waals surface area contributed by atoms with E-state index >= 15 is 0 Å². The Hall–Kier alpha value is -2.40. The summed E-state index contributed by atoms with van der Waals surface area (Å²) in [6, 6.07) is 2.60. The van der Waals surface area contributed by atoms with Crippen LogP contribution in [0.15, 0.2) is 18.3 Å². The van der Waals surface area contributed by atoms with Crippen LogP contribution in [0, 0.1) is 5.82 Å². The summed E-state index contributed by atoms with van der Waals surface area (Å²) in [6.45, 7) is 5.72. The zero-order valence-corrected chi connectivity index (χ0v) is 17.8. The number of pyridine rings is 1. The van der Waals surface area contributed by atoms with Gasteiger partial charge in [0.25, 0.3) is 5.91 Å². The van der Waals surface area contributed by atoms with E-state index < -0.39 is 21.1 Å². The van der Waals surface area contributed by atoms with Crippen LogP contribution in [0.2, 0.25) is 0 Å². The Labute approximate surface area is 175 Å². The molecule has 2 aliphatic heterocycles. The Morgan fingerprint density at radius 3 is 2.50 bits per heavy atom. The number of halogens is 1. The molecule has 0 atom stereocenters. The monoisotopic (exact) mass is 436 g/mol. The van der Waals surface area contributed by atoms with E-state index in [0.29, 0.717) is 51.4 Å². The van der Waals surface area contributed by atoms with Crippen molar-refractivity contribution in [3.05, 3.63) is 41.5 Å². The summed E-state index contributed by atoms with van der Waals surface area (Å²) in [4.78, 5) is 18.1. The van der Waals surface area contributed by atoms with Crippen LogP contribution in [-0.4, -0.2) is 68.2 Å². The molecule has 1 saturated heterocycles. The van der Waals surface area contributed by atoms with E-state index in [1.807, 2.05) is 4.57 Å². The number of rotatable bonds is 4. The first-order chi connectivity index (χ1) is 14.3. The second-order valence-electron chi connectivity index (χ2n) is 7.98. The summed E-state index contributed by atoms with van der Waals surface area (Å²) in [5, 5.41) is 8.22. The molecule has 1 fully saturated rings. The number of carbonyl (C=O) groups excluding carboxylic acids is 1. The summed E-state index contributed by atoms with van der Waals surface area (Å²) in [6.07, 6.45) is 2.43. The third kappa shape index (κ3) is 3.83. The van der Waals surface area contributed by atoms with E-state index in [1.54, 1.807) is 23.1 Å². The van der Waals surface area contributed by atoms with Crippen molar-refractivity contribution in [2.75, 3.05) is 19.6 Å². The second kappa shape index (κ2) is 8.03. The Kier molecular flexibility index (Phi) is 5.58. The largest absolute Gasteiger partial charge is 0.328 e. The van der Waals surface area contributed by atoms with Crippen LogP contribution in [0.3, 0.4) is 0 Å². The van der Waals surface area contributed by atoms with E-state index in [1.165, 1.54) is 12.1 Å². The number of amides is 1. The number of hydrogen-bond donors (Lipinski definition) is 0. The van der Waals surface area contributed by atoms with Gasteiger partial charge in [-0.25, -0.2) is 22.1 Å². The van der Waals surface area contributed by atoms with E-state index in [0.717, 1.165) is 12.0 Å². The Morgan fingerprint density at radius 1 is 1.13 bits per heavy atom. The molecule has 0 spiro atoms. The van der Waals surface area contributed by atoms with Gasteiger partial charge in [0.15, 0.2) is 5.82 Å². The van der Waals surface area contributed by atoms with E-state index in [4.69, 9.17) is 0 Å². The van der Waals surface area contributed by atoms with Gasteiger partial charge in [-0.2, -0.15) is 0 Å². The highest BCUT2D eigenvalue weighted by Crippen LogP contribution is 2.30. The number of aromatic nitrogens is 4. The van der Waals surface area contributed by atoms with E-state index in [-0.39, 0.29) is 17.5 Å². The molecule has 162 valence electrons. The maximum Gasteiger partial charge on any atom is 0.272 e. The van der Waals surface area contributed by atoms with Gasteiger partial charge in [0, 0.05) is 32.1 Å². The summed E-state index contributed by atoms with van der Waals surface area (Å²) in [5.74, 6) is 0.952. The van der Waals surface area contributed by atoms with Crippen molar-refractivity contribution in [1.82, 2.24) is 29.0 Å². The molecule has 0 bridgehead atoms. The van der Waals surface area contributed by atoms with Crippen LogP contribution < -0.4 is 0 Å². The van der Waals surface area contributed by atoms with Crippen molar-refractivity contribution in [2.24, 2.45) is 0 Å². The van der Waals surface area contributed by atoms with Crippen molar-refractivity contribution in [3.63, 3.8) is 0 Å². The fourth-order valence-electron chi connectivity index (χ4n) is 3.99. The fraction of sp³-hybridized carbons (Fsp3) is 0.579. The van der Waals surface area contributed by atoms with Gasteiger partial charge in [0.05, 0.1) is 18.0 Å². The van der Waals surface area contributed by atoms with Crippen molar-refractivity contribution in [2.45, 2.75) is 50.9 Å². The maximum atomic E-state index is 13.1. The molecule has 1 amide bonds. The summed E-state index contributed by atoms with van der Waals surface area (Å²) >= 11 is 0. The molecule has 0 aliphatic carbocycles. The molecule has 9 nitrogen and oxygen atoms in total. The smallest absolute Gasteiger partial charge is 0.272 e. The average Bonchev–Trinajstić information content (AvgIpc) is 3.17. The maximum absolute atomic E-state index is 13.1. The summed E-state index contributed by atoms with van der Waals surface area (Å²) < 4.78 is 41.4. The SMILES string of the molecule is CC(C)S(=O)(=O)N1CCC(c2nnc3n2CCN(C(=O)c2ccc(F)cn2)C3)CC1. The lowest BCUT2D eigenvalue weighted by Gasteiger charge is -2.33. The average molecular weight is 437 g/mol. The van der Waals surface area contributed by atoms with Crippen LogP contribution in [0.1, 0.15) is 54.7 Å².